The number of carbonyl (C=O) groups excluding carboxylic acids is 3. The Balaban J connectivity index is 1.15. The highest BCUT2D eigenvalue weighted by Gasteiger charge is 2.49. The third kappa shape index (κ3) is 7.72. The van der Waals surface area contributed by atoms with Gasteiger partial charge in [0.25, 0.3) is 0 Å². The van der Waals surface area contributed by atoms with Crippen LogP contribution in [0.25, 0.3) is 17.2 Å². The fourth-order valence-corrected chi connectivity index (χ4v) is 7.99. The van der Waals surface area contributed by atoms with Crippen LogP contribution >= 0.6 is 11.6 Å². The molecule has 0 radical (unpaired) electrons. The molecule has 2 saturated heterocycles. The molecule has 4 amide bonds. The lowest BCUT2D eigenvalue weighted by Gasteiger charge is -2.35. The van der Waals surface area contributed by atoms with Gasteiger partial charge in [0.05, 0.1) is 30.0 Å². The van der Waals surface area contributed by atoms with Crippen LogP contribution in [-0.2, 0) is 16.6 Å². The van der Waals surface area contributed by atoms with E-state index in [1.165, 1.54) is 5.57 Å². The monoisotopic (exact) mass is 739 g/mol. The summed E-state index contributed by atoms with van der Waals surface area (Å²) in [5.41, 5.74) is 7.11. The standard InChI is InChI=1S/C41H50ClN7O4/c1-6-41(15-16-41)37(50)45-36(33-24-43-25-47(33)5)32-22-27-8-7-17-44-35(27)34(30-10-9-28(42)23-31(30)32)26-11-18-49(19-12-26)39(52)53-29-13-20-48(21-14-29)38(51)46-40(2,3)4/h7-10,17,22-25,29,36H,6,11-16,18-21H2,1-5H3,(H,45,50)(H,46,51). The largest absolute Gasteiger partial charge is 0.446 e. The molecule has 0 spiro atoms. The number of ether oxygens (including phenoxy) is 1. The van der Waals surface area contributed by atoms with Crippen LogP contribution in [-0.4, -0.2) is 80.2 Å². The van der Waals surface area contributed by atoms with Crippen LogP contribution in [0.5, 0.6) is 0 Å². The van der Waals surface area contributed by atoms with E-state index in [-0.39, 0.29) is 35.1 Å². The second kappa shape index (κ2) is 14.6. The smallest absolute Gasteiger partial charge is 0.410 e. The van der Waals surface area contributed by atoms with Gasteiger partial charge in [0, 0.05) is 79.4 Å². The van der Waals surface area contributed by atoms with Gasteiger partial charge in [-0.25, -0.2) is 14.6 Å². The molecule has 1 atom stereocenters. The highest BCUT2D eigenvalue weighted by atomic mass is 35.5. The Labute approximate surface area is 316 Å². The predicted octanol–water partition coefficient (Wildman–Crippen LogP) is 7.38. The highest BCUT2D eigenvalue weighted by Crippen LogP contribution is 2.50. The number of rotatable bonds is 6. The van der Waals surface area contributed by atoms with Crippen LogP contribution in [0, 0.1) is 5.41 Å². The lowest BCUT2D eigenvalue weighted by Crippen LogP contribution is -2.51. The van der Waals surface area contributed by atoms with Crippen molar-refractivity contribution in [1.29, 1.82) is 0 Å². The Hall–Kier alpha value is -4.64. The van der Waals surface area contributed by atoms with Crippen molar-refractivity contribution in [2.45, 2.75) is 90.3 Å². The number of fused-ring (bicyclic) bond motifs is 2. The summed E-state index contributed by atoms with van der Waals surface area (Å²) in [5.74, 6) is 0.0563. The van der Waals surface area contributed by atoms with Gasteiger partial charge in [-0.1, -0.05) is 36.2 Å². The van der Waals surface area contributed by atoms with E-state index in [0.29, 0.717) is 56.9 Å². The molecule has 7 rings (SSSR count). The number of nitrogens with zero attached hydrogens (tertiary/aromatic N) is 5. The quantitative estimate of drug-likeness (QED) is 0.272. The Morgan fingerprint density at radius 2 is 1.77 bits per heavy atom. The molecule has 1 unspecified atom stereocenters. The molecule has 2 N–H and O–H groups in total. The average molecular weight is 740 g/mol. The van der Waals surface area contributed by atoms with E-state index in [4.69, 9.17) is 21.3 Å². The van der Waals surface area contributed by atoms with E-state index >= 15 is 0 Å². The maximum absolute atomic E-state index is 13.9. The molecule has 3 fully saturated rings. The average Bonchev–Trinajstić information content (AvgIpc) is 3.86. The molecule has 4 aliphatic rings. The van der Waals surface area contributed by atoms with Crippen LogP contribution in [0.15, 0.2) is 54.6 Å². The van der Waals surface area contributed by atoms with Crippen molar-refractivity contribution in [3.8, 4) is 0 Å². The number of carbonyl (C=O) groups is 3. The molecule has 280 valence electrons. The number of aryl methyl sites for hydroxylation is 1. The van der Waals surface area contributed by atoms with E-state index in [9.17, 15) is 14.4 Å². The van der Waals surface area contributed by atoms with Crippen molar-refractivity contribution in [3.05, 3.63) is 87.7 Å². The first kappa shape index (κ1) is 36.7. The van der Waals surface area contributed by atoms with Crippen molar-refractivity contribution < 1.29 is 19.1 Å². The minimum atomic E-state index is -0.481. The number of amides is 4. The fourth-order valence-electron chi connectivity index (χ4n) is 7.82. The molecule has 1 aromatic carbocycles. The zero-order valence-electron chi connectivity index (χ0n) is 31.4. The Morgan fingerprint density at radius 3 is 2.42 bits per heavy atom. The summed E-state index contributed by atoms with van der Waals surface area (Å²) in [4.78, 5) is 52.8. The van der Waals surface area contributed by atoms with Crippen LogP contribution in [0.4, 0.5) is 9.59 Å². The van der Waals surface area contributed by atoms with Gasteiger partial charge < -0.3 is 29.7 Å². The number of nitrogens with one attached hydrogen (secondary N) is 2. The number of piperidine rings is 2. The number of benzene rings is 1. The van der Waals surface area contributed by atoms with Gasteiger partial charge in [0.15, 0.2) is 0 Å². The van der Waals surface area contributed by atoms with E-state index in [0.717, 1.165) is 58.5 Å². The van der Waals surface area contributed by atoms with Crippen LogP contribution in [0.1, 0.15) is 107 Å². The Morgan fingerprint density at radius 1 is 1.04 bits per heavy atom. The zero-order valence-corrected chi connectivity index (χ0v) is 32.1. The summed E-state index contributed by atoms with van der Waals surface area (Å²) in [6, 6.07) is 9.39. The van der Waals surface area contributed by atoms with E-state index in [1.807, 2.05) is 63.0 Å². The number of pyridine rings is 1. The first-order valence-corrected chi connectivity index (χ1v) is 19.2. The van der Waals surface area contributed by atoms with Gasteiger partial charge in [-0.3, -0.25) is 9.78 Å². The summed E-state index contributed by atoms with van der Waals surface area (Å²) in [7, 11) is 1.95. The summed E-state index contributed by atoms with van der Waals surface area (Å²) in [6.07, 6.45) is 12.1. The molecule has 11 nitrogen and oxygen atoms in total. The molecule has 2 aliphatic heterocycles. The second-order valence-electron chi connectivity index (χ2n) is 15.9. The van der Waals surface area contributed by atoms with Crippen LogP contribution in [0.2, 0.25) is 5.02 Å². The lowest BCUT2D eigenvalue weighted by molar-refractivity contribution is -0.126. The van der Waals surface area contributed by atoms with Crippen molar-refractivity contribution in [2.24, 2.45) is 12.5 Å². The number of aromatic nitrogens is 3. The van der Waals surface area contributed by atoms with Crippen molar-refractivity contribution >= 4 is 46.9 Å². The molecular weight excluding hydrogens is 690 g/mol. The van der Waals surface area contributed by atoms with E-state index in [1.54, 1.807) is 16.1 Å². The predicted molar refractivity (Wildman–Crippen MR) is 206 cm³/mol. The van der Waals surface area contributed by atoms with Gasteiger partial charge in [0.2, 0.25) is 5.91 Å². The number of urea groups is 1. The Kier molecular flexibility index (Phi) is 10.1. The third-order valence-corrected chi connectivity index (χ3v) is 11.4. The van der Waals surface area contributed by atoms with Gasteiger partial charge in [-0.15, -0.1) is 0 Å². The summed E-state index contributed by atoms with van der Waals surface area (Å²) in [5, 5.41) is 7.05. The molecule has 2 aromatic heterocycles. The minimum Gasteiger partial charge on any atom is -0.446 e. The molecule has 12 heteroatoms. The summed E-state index contributed by atoms with van der Waals surface area (Å²) >= 11 is 6.75. The highest BCUT2D eigenvalue weighted by molar-refractivity contribution is 6.31. The van der Waals surface area contributed by atoms with Gasteiger partial charge in [-0.05, 0) is 93.9 Å². The van der Waals surface area contributed by atoms with Crippen molar-refractivity contribution in [1.82, 2.24) is 35.0 Å². The number of hydrogen-bond donors (Lipinski definition) is 2. The molecule has 3 aromatic rings. The first-order chi connectivity index (χ1) is 25.4. The van der Waals surface area contributed by atoms with Gasteiger partial charge >= 0.3 is 12.1 Å². The van der Waals surface area contributed by atoms with Crippen molar-refractivity contribution in [2.75, 3.05) is 26.2 Å². The summed E-state index contributed by atoms with van der Waals surface area (Å²) in [6.45, 7) is 10.1. The second-order valence-corrected chi connectivity index (χ2v) is 16.4. The van der Waals surface area contributed by atoms with Gasteiger partial charge in [-0.2, -0.15) is 0 Å². The van der Waals surface area contributed by atoms with Crippen LogP contribution in [0.3, 0.4) is 0 Å². The third-order valence-electron chi connectivity index (χ3n) is 11.2. The minimum absolute atomic E-state index is 0.0563. The van der Waals surface area contributed by atoms with E-state index < -0.39 is 6.04 Å². The fraction of sp³-hybridized carbons (Fsp3) is 0.488. The maximum atomic E-state index is 13.9. The molecule has 0 bridgehead atoms. The van der Waals surface area contributed by atoms with Crippen molar-refractivity contribution in [3.63, 3.8) is 0 Å². The number of imidazole rings is 1. The van der Waals surface area contributed by atoms with E-state index in [2.05, 4.69) is 40.8 Å². The number of hydrogen-bond acceptors (Lipinski definition) is 6. The molecule has 4 heterocycles. The van der Waals surface area contributed by atoms with Crippen LogP contribution < -0.4 is 10.6 Å². The summed E-state index contributed by atoms with van der Waals surface area (Å²) < 4.78 is 7.93. The zero-order chi connectivity index (χ0) is 37.5. The lowest BCUT2D eigenvalue weighted by atomic mass is 9.86. The Bertz CT molecular complexity index is 1960. The number of halogens is 1. The number of likely N-dealkylation sites (tertiary alicyclic amines) is 2. The molecular formula is C41H50ClN7O4. The molecule has 2 aliphatic carbocycles. The SMILES string of the molecule is CCC1(C(=O)NC(C2=Cc3cccnc3C(=C3CCN(C(=O)OC4CCN(C(=O)NC(C)(C)C)CC4)CC3)c3ccc(Cl)cc32)c2cncn2C)CC1. The topological polar surface area (TPSA) is 122 Å². The maximum Gasteiger partial charge on any atom is 0.410 e. The first-order valence-electron chi connectivity index (χ1n) is 18.8. The van der Waals surface area contributed by atoms with Gasteiger partial charge in [0.1, 0.15) is 6.10 Å². The normalized spacial score (nSPS) is 19.0. The molecule has 1 saturated carbocycles. The molecule has 53 heavy (non-hydrogen) atoms.